The van der Waals surface area contributed by atoms with Crippen molar-refractivity contribution in [1.29, 1.82) is 0 Å². The third kappa shape index (κ3) is 3.45. The van der Waals surface area contributed by atoms with Crippen LogP contribution in [0.5, 0.6) is 0 Å². The summed E-state index contributed by atoms with van der Waals surface area (Å²) in [6.45, 7) is 4.56. The molecule has 4 rings (SSSR count). The molecule has 2 heterocycles. The van der Waals surface area contributed by atoms with Crippen LogP contribution in [0, 0.1) is 5.82 Å². The second-order valence-electron chi connectivity index (χ2n) is 7.72. The smallest absolute Gasteiger partial charge is 0.195 e. The molecule has 2 aromatic rings. The molecule has 0 aliphatic carbocycles. The quantitative estimate of drug-likeness (QED) is 0.656. The molecule has 0 saturated carbocycles. The van der Waals surface area contributed by atoms with E-state index < -0.39 is 17.5 Å². The Morgan fingerprint density at radius 3 is 2.67 bits per heavy atom. The molecule has 0 radical (unpaired) electrons. The standard InChI is InChI=1S/C24H24ClFO4/c1-3-14-5-6-15(16-7-8-18(25)19(26)12-16)11-17(14)21-22(27)20-9-10-24(30-20,23(21)28)13-29-4-2/h5-8,11-12,20,28H,3-4,9-10,13H2,1-2H3/t20-,24+/m1/s1. The highest BCUT2D eigenvalue weighted by Gasteiger charge is 2.53. The molecule has 1 N–H and O–H groups in total. The van der Waals surface area contributed by atoms with E-state index in [0.717, 1.165) is 11.1 Å². The molecule has 6 heteroatoms. The molecule has 158 valence electrons. The molecule has 0 spiro atoms. The van der Waals surface area contributed by atoms with Crippen molar-refractivity contribution in [2.75, 3.05) is 13.2 Å². The lowest BCUT2D eigenvalue weighted by Crippen LogP contribution is -2.43. The fourth-order valence-corrected chi connectivity index (χ4v) is 4.41. The zero-order chi connectivity index (χ0) is 21.5. The van der Waals surface area contributed by atoms with E-state index >= 15 is 0 Å². The first-order chi connectivity index (χ1) is 14.4. The summed E-state index contributed by atoms with van der Waals surface area (Å²) in [5.74, 6) is -0.789. The maximum atomic E-state index is 14.0. The van der Waals surface area contributed by atoms with Crippen molar-refractivity contribution in [3.8, 4) is 11.1 Å². The van der Waals surface area contributed by atoms with Gasteiger partial charge in [0.25, 0.3) is 0 Å². The summed E-state index contributed by atoms with van der Waals surface area (Å²) in [7, 11) is 0. The molecule has 4 nitrogen and oxygen atoms in total. The molecule has 1 fully saturated rings. The largest absolute Gasteiger partial charge is 0.508 e. The number of hydrogen-bond donors (Lipinski definition) is 1. The Bertz CT molecular complexity index is 1030. The van der Waals surface area contributed by atoms with E-state index in [-0.39, 0.29) is 28.7 Å². The number of rotatable bonds is 6. The van der Waals surface area contributed by atoms with Crippen molar-refractivity contribution in [1.82, 2.24) is 0 Å². The minimum absolute atomic E-state index is 0.0542. The highest BCUT2D eigenvalue weighted by Crippen LogP contribution is 2.46. The number of fused-ring (bicyclic) bond motifs is 2. The van der Waals surface area contributed by atoms with Crippen LogP contribution in [-0.4, -0.2) is 35.8 Å². The number of aryl methyl sites for hydroxylation is 1. The second-order valence-corrected chi connectivity index (χ2v) is 8.13. The summed E-state index contributed by atoms with van der Waals surface area (Å²) in [5, 5.41) is 11.2. The van der Waals surface area contributed by atoms with Crippen molar-refractivity contribution in [3.05, 3.63) is 64.1 Å². The monoisotopic (exact) mass is 430 g/mol. The molecule has 2 aromatic carbocycles. The van der Waals surface area contributed by atoms with Crippen LogP contribution in [0.25, 0.3) is 16.7 Å². The average molecular weight is 431 g/mol. The van der Waals surface area contributed by atoms with Gasteiger partial charge >= 0.3 is 0 Å². The fraction of sp³-hybridized carbons (Fsp3) is 0.375. The van der Waals surface area contributed by atoms with Gasteiger partial charge in [-0.2, -0.15) is 0 Å². The van der Waals surface area contributed by atoms with Gasteiger partial charge in [0.1, 0.15) is 23.3 Å². The van der Waals surface area contributed by atoms with Crippen molar-refractivity contribution >= 4 is 23.0 Å². The van der Waals surface area contributed by atoms with Gasteiger partial charge in [-0.05, 0) is 66.6 Å². The minimum atomic E-state index is -0.989. The second kappa shape index (κ2) is 8.14. The van der Waals surface area contributed by atoms with Gasteiger partial charge < -0.3 is 14.6 Å². The van der Waals surface area contributed by atoms with Crippen LogP contribution < -0.4 is 0 Å². The van der Waals surface area contributed by atoms with Crippen LogP contribution in [0.4, 0.5) is 4.39 Å². The van der Waals surface area contributed by atoms with Crippen molar-refractivity contribution in [2.24, 2.45) is 0 Å². The van der Waals surface area contributed by atoms with E-state index in [0.29, 0.717) is 37.0 Å². The minimum Gasteiger partial charge on any atom is -0.508 e. The number of Topliss-reactive ketones (excluding diaryl/α,β-unsaturated/α-hetero) is 1. The Kier molecular flexibility index (Phi) is 5.71. The maximum Gasteiger partial charge on any atom is 0.195 e. The summed E-state index contributed by atoms with van der Waals surface area (Å²) in [5.41, 5.74) is 2.27. The van der Waals surface area contributed by atoms with Gasteiger partial charge in [0.15, 0.2) is 5.78 Å². The number of benzene rings is 2. The Hall–Kier alpha value is -2.21. The molecule has 0 amide bonds. The van der Waals surface area contributed by atoms with Crippen LogP contribution in [0.1, 0.15) is 37.8 Å². The van der Waals surface area contributed by atoms with Crippen molar-refractivity contribution < 1.29 is 23.8 Å². The van der Waals surface area contributed by atoms with Crippen LogP contribution in [0.15, 0.2) is 42.2 Å². The molecule has 2 aliphatic rings. The van der Waals surface area contributed by atoms with E-state index in [1.54, 1.807) is 6.07 Å². The topological polar surface area (TPSA) is 55.8 Å². The summed E-state index contributed by atoms with van der Waals surface area (Å²) in [4.78, 5) is 13.2. The first-order valence-electron chi connectivity index (χ1n) is 10.2. The SMILES string of the molecule is CCOC[C@]12CC[C@@H](O1)C(=O)C(c1cc(-c3ccc(Cl)c(F)c3)ccc1CC)=C2O. The molecule has 0 unspecified atom stereocenters. The van der Waals surface area contributed by atoms with Gasteiger partial charge in [-0.3, -0.25) is 4.79 Å². The predicted octanol–water partition coefficient (Wildman–Crippen LogP) is 5.51. The lowest BCUT2D eigenvalue weighted by Gasteiger charge is -2.34. The Morgan fingerprint density at radius 2 is 1.97 bits per heavy atom. The number of aliphatic hydroxyl groups excluding tert-OH is 1. The Balaban J connectivity index is 1.86. The van der Waals surface area contributed by atoms with Crippen LogP contribution in [0.3, 0.4) is 0 Å². The molecule has 1 saturated heterocycles. The molecular weight excluding hydrogens is 407 g/mol. The van der Waals surface area contributed by atoms with Gasteiger partial charge in [0.2, 0.25) is 0 Å². The van der Waals surface area contributed by atoms with Gasteiger partial charge in [-0.25, -0.2) is 4.39 Å². The number of carbonyl (C=O) groups is 1. The van der Waals surface area contributed by atoms with E-state index in [1.807, 2.05) is 32.0 Å². The van der Waals surface area contributed by atoms with Crippen LogP contribution in [0.2, 0.25) is 5.02 Å². The van der Waals surface area contributed by atoms with Crippen molar-refractivity contribution in [2.45, 2.75) is 44.8 Å². The van der Waals surface area contributed by atoms with E-state index in [9.17, 15) is 14.3 Å². The molecule has 2 aliphatic heterocycles. The maximum absolute atomic E-state index is 14.0. The van der Waals surface area contributed by atoms with E-state index in [2.05, 4.69) is 0 Å². The van der Waals surface area contributed by atoms with E-state index in [1.165, 1.54) is 12.1 Å². The number of aliphatic hydroxyl groups is 1. The fourth-order valence-electron chi connectivity index (χ4n) is 4.29. The molecular formula is C24H24ClFO4. The molecule has 2 atom stereocenters. The summed E-state index contributed by atoms with van der Waals surface area (Å²) in [6, 6.07) is 10.2. The Labute approximate surface area is 180 Å². The number of halogens is 2. The predicted molar refractivity (Wildman–Crippen MR) is 114 cm³/mol. The summed E-state index contributed by atoms with van der Waals surface area (Å²) < 4.78 is 25.5. The van der Waals surface area contributed by atoms with Crippen LogP contribution in [-0.2, 0) is 20.7 Å². The van der Waals surface area contributed by atoms with Gasteiger partial charge in [0, 0.05) is 6.61 Å². The molecule has 0 aromatic heterocycles. The lowest BCUT2D eigenvalue weighted by molar-refractivity contribution is -0.138. The first-order valence-corrected chi connectivity index (χ1v) is 10.6. The van der Waals surface area contributed by atoms with Crippen molar-refractivity contribution in [3.63, 3.8) is 0 Å². The lowest BCUT2D eigenvalue weighted by atomic mass is 9.86. The molecule has 30 heavy (non-hydrogen) atoms. The van der Waals surface area contributed by atoms with Gasteiger partial charge in [0.05, 0.1) is 17.2 Å². The average Bonchev–Trinajstić information content (AvgIpc) is 3.16. The van der Waals surface area contributed by atoms with Gasteiger partial charge in [-0.15, -0.1) is 0 Å². The summed E-state index contributed by atoms with van der Waals surface area (Å²) in [6.07, 6.45) is 1.17. The highest BCUT2D eigenvalue weighted by molar-refractivity contribution is 6.30. The number of ether oxygens (including phenoxy) is 2. The summed E-state index contributed by atoms with van der Waals surface area (Å²) >= 11 is 5.82. The number of ketones is 1. The van der Waals surface area contributed by atoms with Crippen LogP contribution >= 0.6 is 11.6 Å². The third-order valence-corrected chi connectivity index (χ3v) is 6.24. The van der Waals surface area contributed by atoms with Gasteiger partial charge in [-0.1, -0.05) is 36.7 Å². The normalized spacial score (nSPS) is 23.3. The third-order valence-electron chi connectivity index (χ3n) is 5.94. The number of carbonyl (C=O) groups excluding carboxylic acids is 1. The number of hydrogen-bond acceptors (Lipinski definition) is 4. The first kappa shape index (κ1) is 21.0. The zero-order valence-electron chi connectivity index (χ0n) is 17.0. The highest BCUT2D eigenvalue weighted by atomic mass is 35.5. The Morgan fingerprint density at radius 1 is 1.23 bits per heavy atom. The van der Waals surface area contributed by atoms with E-state index in [4.69, 9.17) is 21.1 Å². The zero-order valence-corrected chi connectivity index (χ0v) is 17.8. The molecule has 2 bridgehead atoms.